The van der Waals surface area contributed by atoms with Crippen molar-refractivity contribution in [3.63, 3.8) is 0 Å². The van der Waals surface area contributed by atoms with Crippen LogP contribution in [0.2, 0.25) is 0 Å². The predicted octanol–water partition coefficient (Wildman–Crippen LogP) is 1.99. The van der Waals surface area contributed by atoms with Gasteiger partial charge in [0, 0.05) is 32.2 Å². The summed E-state index contributed by atoms with van der Waals surface area (Å²) >= 11 is 0. The van der Waals surface area contributed by atoms with Gasteiger partial charge in [0.2, 0.25) is 5.91 Å². The molecule has 0 spiro atoms. The average Bonchev–Trinajstić information content (AvgIpc) is 2.58. The molecule has 3 rings (SSSR count). The van der Waals surface area contributed by atoms with Crippen molar-refractivity contribution in [3.05, 3.63) is 42.0 Å². The van der Waals surface area contributed by atoms with E-state index in [0.29, 0.717) is 12.6 Å². The van der Waals surface area contributed by atoms with Crippen LogP contribution >= 0.6 is 0 Å². The fourth-order valence-corrected chi connectivity index (χ4v) is 3.36. The van der Waals surface area contributed by atoms with Gasteiger partial charge in [-0.2, -0.15) is 0 Å². The summed E-state index contributed by atoms with van der Waals surface area (Å²) in [6, 6.07) is 10.8. The third-order valence-corrected chi connectivity index (χ3v) is 4.88. The number of carbonyl (C=O) groups is 1. The van der Waals surface area contributed by atoms with E-state index >= 15 is 0 Å². The van der Waals surface area contributed by atoms with E-state index in [0.717, 1.165) is 45.4 Å². The number of amides is 1. The smallest absolute Gasteiger partial charge is 0.234 e. The highest BCUT2D eigenvalue weighted by atomic mass is 16.2. The van der Waals surface area contributed by atoms with Crippen molar-refractivity contribution in [2.45, 2.75) is 25.3 Å². The zero-order valence-corrected chi connectivity index (χ0v) is 14.0. The number of rotatable bonds is 4. The highest BCUT2D eigenvalue weighted by Crippen LogP contribution is 2.26. The van der Waals surface area contributed by atoms with Crippen LogP contribution in [0.1, 0.15) is 24.8 Å². The van der Waals surface area contributed by atoms with E-state index in [1.54, 1.807) is 0 Å². The molecule has 1 N–H and O–H groups in total. The van der Waals surface area contributed by atoms with E-state index in [1.807, 2.05) is 6.07 Å². The highest BCUT2D eigenvalue weighted by Gasteiger charge is 2.20. The number of allylic oxidation sites excluding steroid dienone is 1. The molecule has 1 heterocycles. The lowest BCUT2D eigenvalue weighted by Crippen LogP contribution is -2.49. The lowest BCUT2D eigenvalue weighted by molar-refractivity contribution is -0.123. The number of hydrogen-bond donors (Lipinski definition) is 1. The van der Waals surface area contributed by atoms with Gasteiger partial charge in [0.15, 0.2) is 0 Å². The maximum Gasteiger partial charge on any atom is 0.234 e. The topological polar surface area (TPSA) is 35.6 Å². The first-order valence-electron chi connectivity index (χ1n) is 8.65. The van der Waals surface area contributed by atoms with Crippen molar-refractivity contribution in [2.24, 2.45) is 0 Å². The number of nitrogens with zero attached hydrogens (tertiary/aromatic N) is 2. The minimum Gasteiger partial charge on any atom is -0.352 e. The Labute approximate surface area is 139 Å². The van der Waals surface area contributed by atoms with Crippen LogP contribution < -0.4 is 5.32 Å². The van der Waals surface area contributed by atoms with Gasteiger partial charge in [-0.3, -0.25) is 9.69 Å². The molecule has 124 valence electrons. The largest absolute Gasteiger partial charge is 0.352 e. The SMILES string of the molecule is CN1CCN(CC(=O)NC2CC=C(c3ccccc3)CC2)CC1. The molecule has 1 aliphatic carbocycles. The van der Waals surface area contributed by atoms with Gasteiger partial charge < -0.3 is 10.2 Å². The van der Waals surface area contributed by atoms with Crippen LogP contribution in [0.25, 0.3) is 5.57 Å². The molecule has 1 fully saturated rings. The minimum atomic E-state index is 0.177. The van der Waals surface area contributed by atoms with Crippen LogP contribution in [-0.2, 0) is 4.79 Å². The normalized spacial score (nSPS) is 23.3. The van der Waals surface area contributed by atoms with Crippen molar-refractivity contribution in [1.29, 1.82) is 0 Å². The van der Waals surface area contributed by atoms with E-state index in [4.69, 9.17) is 0 Å². The fraction of sp³-hybridized carbons (Fsp3) is 0.526. The quantitative estimate of drug-likeness (QED) is 0.923. The lowest BCUT2D eigenvalue weighted by atomic mass is 9.91. The molecule has 1 atom stereocenters. The zero-order chi connectivity index (χ0) is 16.1. The predicted molar refractivity (Wildman–Crippen MR) is 94.1 cm³/mol. The Morgan fingerprint density at radius 3 is 2.57 bits per heavy atom. The number of likely N-dealkylation sites (N-methyl/N-ethyl adjacent to an activating group) is 1. The van der Waals surface area contributed by atoms with Gasteiger partial charge in [-0.15, -0.1) is 0 Å². The fourth-order valence-electron chi connectivity index (χ4n) is 3.36. The molecule has 0 radical (unpaired) electrons. The maximum atomic E-state index is 12.2. The second-order valence-electron chi connectivity index (χ2n) is 6.71. The molecule has 4 heteroatoms. The van der Waals surface area contributed by atoms with E-state index < -0.39 is 0 Å². The first-order valence-corrected chi connectivity index (χ1v) is 8.65. The summed E-state index contributed by atoms with van der Waals surface area (Å²) in [7, 11) is 2.14. The summed E-state index contributed by atoms with van der Waals surface area (Å²) in [5.41, 5.74) is 2.73. The second-order valence-corrected chi connectivity index (χ2v) is 6.71. The van der Waals surface area contributed by atoms with Gasteiger partial charge in [-0.1, -0.05) is 36.4 Å². The van der Waals surface area contributed by atoms with Gasteiger partial charge in [0.25, 0.3) is 0 Å². The minimum absolute atomic E-state index is 0.177. The highest BCUT2D eigenvalue weighted by molar-refractivity contribution is 5.78. The second kappa shape index (κ2) is 7.75. The molecule has 2 aliphatic rings. The van der Waals surface area contributed by atoms with Gasteiger partial charge in [-0.25, -0.2) is 0 Å². The number of benzene rings is 1. The molecule has 1 amide bonds. The standard InChI is InChI=1S/C19H27N3O/c1-21-11-13-22(14-12-21)15-19(23)20-18-9-7-17(8-10-18)16-5-3-2-4-6-16/h2-7,18H,8-15H2,1H3,(H,20,23). The summed E-state index contributed by atoms with van der Waals surface area (Å²) in [4.78, 5) is 16.8. The average molecular weight is 313 g/mol. The Kier molecular flexibility index (Phi) is 5.47. The van der Waals surface area contributed by atoms with E-state index in [1.165, 1.54) is 11.1 Å². The molecule has 0 aromatic heterocycles. The first-order chi connectivity index (χ1) is 11.2. The third kappa shape index (κ3) is 4.66. The van der Waals surface area contributed by atoms with Gasteiger partial charge in [-0.05, 0) is 37.4 Å². The zero-order valence-electron chi connectivity index (χ0n) is 14.0. The first kappa shape index (κ1) is 16.2. The monoisotopic (exact) mass is 313 g/mol. The van der Waals surface area contributed by atoms with E-state index in [9.17, 15) is 4.79 Å². The third-order valence-electron chi connectivity index (χ3n) is 4.88. The van der Waals surface area contributed by atoms with Crippen LogP contribution in [0.5, 0.6) is 0 Å². The van der Waals surface area contributed by atoms with Crippen LogP contribution in [0.3, 0.4) is 0 Å². The molecule has 1 aromatic carbocycles. The summed E-state index contributed by atoms with van der Waals surface area (Å²) in [6.07, 6.45) is 5.32. The number of piperazine rings is 1. The Balaban J connectivity index is 1.45. The van der Waals surface area contributed by atoms with E-state index in [-0.39, 0.29) is 5.91 Å². The van der Waals surface area contributed by atoms with Crippen molar-refractivity contribution in [3.8, 4) is 0 Å². The van der Waals surface area contributed by atoms with Crippen LogP contribution in [0, 0.1) is 0 Å². The van der Waals surface area contributed by atoms with E-state index in [2.05, 4.69) is 52.5 Å². The molecule has 0 saturated carbocycles. The Bertz CT molecular complexity index is 547. The van der Waals surface area contributed by atoms with Crippen LogP contribution in [0.15, 0.2) is 36.4 Å². The summed E-state index contributed by atoms with van der Waals surface area (Å²) in [5.74, 6) is 0.177. The number of hydrogen-bond acceptors (Lipinski definition) is 3. The number of nitrogens with one attached hydrogen (secondary N) is 1. The summed E-state index contributed by atoms with van der Waals surface area (Å²) in [6.45, 7) is 4.64. The molecule has 1 aromatic rings. The molecule has 4 nitrogen and oxygen atoms in total. The molecule has 1 aliphatic heterocycles. The van der Waals surface area contributed by atoms with Gasteiger partial charge in [0.1, 0.15) is 0 Å². The molecular formula is C19H27N3O. The van der Waals surface area contributed by atoms with Gasteiger partial charge >= 0.3 is 0 Å². The van der Waals surface area contributed by atoms with Crippen molar-refractivity contribution < 1.29 is 4.79 Å². The van der Waals surface area contributed by atoms with Crippen LogP contribution in [0.4, 0.5) is 0 Å². The molecule has 23 heavy (non-hydrogen) atoms. The summed E-state index contributed by atoms with van der Waals surface area (Å²) in [5, 5.41) is 3.21. The van der Waals surface area contributed by atoms with Crippen molar-refractivity contribution in [2.75, 3.05) is 39.8 Å². The Morgan fingerprint density at radius 1 is 1.17 bits per heavy atom. The van der Waals surface area contributed by atoms with Crippen LogP contribution in [-0.4, -0.2) is 61.5 Å². The Morgan fingerprint density at radius 2 is 1.91 bits per heavy atom. The summed E-state index contributed by atoms with van der Waals surface area (Å²) < 4.78 is 0. The molecule has 1 saturated heterocycles. The molecule has 1 unspecified atom stereocenters. The van der Waals surface area contributed by atoms with Crippen molar-refractivity contribution >= 4 is 11.5 Å². The van der Waals surface area contributed by atoms with Gasteiger partial charge in [0.05, 0.1) is 6.54 Å². The lowest BCUT2D eigenvalue weighted by Gasteiger charge is -2.32. The number of carbonyl (C=O) groups excluding carboxylic acids is 1. The molecule has 0 bridgehead atoms. The van der Waals surface area contributed by atoms with Crippen molar-refractivity contribution in [1.82, 2.24) is 15.1 Å². The maximum absolute atomic E-state index is 12.2. The Hall–Kier alpha value is -1.65. The molecular weight excluding hydrogens is 286 g/mol.